The number of fused-ring (bicyclic) bond motifs is 3. The van der Waals surface area contributed by atoms with E-state index in [0.717, 1.165) is 32.5 Å². The van der Waals surface area contributed by atoms with Gasteiger partial charge in [-0.2, -0.15) is 0 Å². The third-order valence-corrected chi connectivity index (χ3v) is 10.0. The Labute approximate surface area is 307 Å². The Hall–Kier alpha value is -4.55. The molecule has 2 N–H and O–H groups in total. The number of piperidine rings is 3. The number of anilines is 1. The summed E-state index contributed by atoms with van der Waals surface area (Å²) >= 11 is 13.0. The van der Waals surface area contributed by atoms with E-state index in [-0.39, 0.29) is 24.5 Å². The lowest BCUT2D eigenvalue weighted by Crippen LogP contribution is -2.53. The lowest BCUT2D eigenvalue weighted by atomic mass is 9.86. The number of pyridine rings is 1. The Morgan fingerprint density at radius 1 is 0.902 bits per heavy atom. The molecule has 3 fully saturated rings. The van der Waals surface area contributed by atoms with Crippen LogP contribution < -0.4 is 24.1 Å². The Morgan fingerprint density at radius 2 is 1.63 bits per heavy atom. The number of hydrogen-bond donors (Lipinski definition) is 0. The van der Waals surface area contributed by atoms with Gasteiger partial charge in [-0.3, -0.25) is 9.80 Å². The number of ether oxygens (including phenoxy) is 5. The summed E-state index contributed by atoms with van der Waals surface area (Å²) in [5, 5.41) is 0.813. The number of halogens is 2. The highest BCUT2D eigenvalue weighted by Gasteiger charge is 2.37. The topological polar surface area (TPSA) is 131 Å². The van der Waals surface area contributed by atoms with Gasteiger partial charge in [0.15, 0.2) is 23.9 Å². The molecule has 0 aliphatic carbocycles. The summed E-state index contributed by atoms with van der Waals surface area (Å²) in [7, 11) is 4.67. The number of benzene rings is 3. The zero-order chi connectivity index (χ0) is 35.2. The highest BCUT2D eigenvalue weighted by atomic mass is 35.5. The van der Waals surface area contributed by atoms with Crippen LogP contribution in [-0.4, -0.2) is 69.5 Å². The molecule has 270 valence electrons. The first kappa shape index (κ1) is 37.7. The lowest BCUT2D eigenvalue weighted by molar-refractivity contribution is -0.377. The molecule has 7 rings (SSSR count). The van der Waals surface area contributed by atoms with Crippen LogP contribution in [0.1, 0.15) is 46.0 Å². The molecule has 0 radical (unpaired) electrons. The van der Waals surface area contributed by atoms with Crippen molar-refractivity contribution in [3.63, 3.8) is 0 Å². The van der Waals surface area contributed by atoms with Gasteiger partial charge in [-0.25, -0.2) is 14.6 Å². The molecule has 4 aromatic rings. The first-order chi connectivity index (χ1) is 24.3. The van der Waals surface area contributed by atoms with E-state index in [9.17, 15) is 9.59 Å². The van der Waals surface area contributed by atoms with Crippen LogP contribution in [0.25, 0.3) is 0 Å². The summed E-state index contributed by atoms with van der Waals surface area (Å²) in [6.45, 7) is 2.97. The molecule has 3 aliphatic heterocycles. The predicted octanol–water partition coefficient (Wildman–Crippen LogP) is 7.03. The van der Waals surface area contributed by atoms with Crippen molar-refractivity contribution in [3.8, 4) is 17.2 Å². The van der Waals surface area contributed by atoms with Crippen LogP contribution in [-0.2, 0) is 22.4 Å². The second kappa shape index (κ2) is 17.1. The highest BCUT2D eigenvalue weighted by Crippen LogP contribution is 2.36. The van der Waals surface area contributed by atoms with Crippen molar-refractivity contribution >= 4 is 41.0 Å². The van der Waals surface area contributed by atoms with E-state index in [2.05, 4.69) is 9.88 Å². The van der Waals surface area contributed by atoms with Crippen LogP contribution in [0, 0.1) is 5.92 Å². The zero-order valence-corrected chi connectivity index (χ0v) is 30.2. The molecule has 11 nitrogen and oxygen atoms in total. The van der Waals surface area contributed by atoms with Crippen molar-refractivity contribution < 1.29 is 43.7 Å². The molecule has 1 aromatic heterocycles. The highest BCUT2D eigenvalue weighted by molar-refractivity contribution is 6.35. The number of nitrogens with zero attached hydrogens (tertiary/aromatic N) is 2. The van der Waals surface area contributed by atoms with Crippen molar-refractivity contribution in [2.24, 2.45) is 5.92 Å². The number of methoxy groups -OCH3 is 3. The van der Waals surface area contributed by atoms with Gasteiger partial charge in [0.25, 0.3) is 0 Å². The van der Waals surface area contributed by atoms with Crippen molar-refractivity contribution in [2.45, 2.75) is 38.0 Å². The van der Waals surface area contributed by atoms with Gasteiger partial charge >= 0.3 is 12.1 Å². The number of aromatic nitrogens is 1. The number of nitrogens with one attached hydrogen (secondary N) is 1. The third kappa shape index (κ3) is 8.85. The first-order valence-corrected chi connectivity index (χ1v) is 17.2. The van der Waals surface area contributed by atoms with Crippen molar-refractivity contribution in [1.29, 1.82) is 0 Å². The van der Waals surface area contributed by atoms with E-state index in [1.54, 1.807) is 74.0 Å². The second-order valence-electron chi connectivity index (χ2n) is 12.4. The number of carbonyl (C=O) groups excluding carboxylic acids is 2. The van der Waals surface area contributed by atoms with Crippen LogP contribution in [0.15, 0.2) is 79.1 Å². The van der Waals surface area contributed by atoms with E-state index in [1.165, 1.54) is 7.11 Å². The average Bonchev–Trinajstić information content (AvgIpc) is 3.15. The van der Waals surface area contributed by atoms with E-state index in [4.69, 9.17) is 46.9 Å². The van der Waals surface area contributed by atoms with E-state index >= 15 is 0 Å². The van der Waals surface area contributed by atoms with Crippen molar-refractivity contribution in [3.05, 3.63) is 111 Å². The maximum Gasteiger partial charge on any atom is 0.414 e. The molecule has 3 aromatic carbocycles. The number of aromatic amines is 1. The summed E-state index contributed by atoms with van der Waals surface area (Å²) in [4.78, 5) is 34.5. The van der Waals surface area contributed by atoms with E-state index in [1.807, 2.05) is 24.3 Å². The molecule has 1 amide bonds. The molecule has 2 atom stereocenters. The minimum atomic E-state index is -0.784. The number of amides is 1. The van der Waals surface area contributed by atoms with Gasteiger partial charge < -0.3 is 29.2 Å². The quantitative estimate of drug-likeness (QED) is 0.141. The summed E-state index contributed by atoms with van der Waals surface area (Å²) in [5.41, 5.74) is 2.91. The van der Waals surface area contributed by atoms with Gasteiger partial charge in [0, 0.05) is 24.6 Å². The van der Waals surface area contributed by atoms with Crippen LogP contribution in [0.4, 0.5) is 10.5 Å². The Balaban J connectivity index is 0.00000504. The minimum absolute atomic E-state index is 0. The smallest absolute Gasteiger partial charge is 0.414 e. The number of hydrogen-bond acceptors (Lipinski definition) is 9. The van der Waals surface area contributed by atoms with Gasteiger partial charge in [-0.05, 0) is 79.4 Å². The van der Waals surface area contributed by atoms with Crippen LogP contribution in [0.2, 0.25) is 10.0 Å². The van der Waals surface area contributed by atoms with E-state index in [0.29, 0.717) is 61.2 Å². The Morgan fingerprint density at radius 3 is 2.29 bits per heavy atom. The number of carbonyl (C=O) groups is 2. The fourth-order valence-corrected chi connectivity index (χ4v) is 7.12. The monoisotopic (exact) mass is 737 g/mol. The van der Waals surface area contributed by atoms with Crippen molar-refractivity contribution in [2.75, 3.05) is 45.9 Å². The maximum atomic E-state index is 13.9. The molecule has 4 heterocycles. The average molecular weight is 739 g/mol. The van der Waals surface area contributed by atoms with Gasteiger partial charge in [0.2, 0.25) is 0 Å². The number of H-pyrrole nitrogens is 1. The molecular formula is C38H41Cl2N3O8. The molecule has 0 saturated carbocycles. The molecule has 3 aliphatic rings. The van der Waals surface area contributed by atoms with Gasteiger partial charge in [-0.15, -0.1) is 0 Å². The summed E-state index contributed by atoms with van der Waals surface area (Å²) in [6.07, 6.45) is 4.07. The SMILES string of the molecule is COc1cccc(N(Cc2cccc(C(=O)O[C@@H](Cc3c(Cl)c[nH+]cc3Cl)c3ccc(OC)c(OC)c3)c2)C(=O)O[C@H]2CN3CCC2CC3)c1.[OH-]. The van der Waals surface area contributed by atoms with Crippen LogP contribution in [0.3, 0.4) is 0 Å². The number of esters is 1. The summed E-state index contributed by atoms with van der Waals surface area (Å²) in [6, 6.07) is 19.6. The fraction of sp³-hybridized carbons (Fsp3) is 0.342. The Bertz CT molecular complexity index is 1810. The molecule has 13 heteroatoms. The molecule has 0 unspecified atom stereocenters. The summed E-state index contributed by atoms with van der Waals surface area (Å²) < 4.78 is 28.7. The maximum absolute atomic E-state index is 13.9. The van der Waals surface area contributed by atoms with Gasteiger partial charge in [0.05, 0.1) is 39.1 Å². The standard InChI is InChI=1S/C38H39Cl2N3O7.H2O/c1-46-29-9-5-8-28(18-29)43(38(45)50-36-23-42-14-12-25(36)13-15-42)22-24-6-4-7-27(16-24)37(44)49-34(19-30-31(39)20-41-21-32(30)40)26-10-11-33(47-2)35(17-26)48-3;/h4-11,16-18,20-21,25,34,36H,12-15,19,22-23H2,1-3H3;1H2/t34-,36-;/m0./s1. The molecular weight excluding hydrogens is 697 g/mol. The third-order valence-electron chi connectivity index (χ3n) is 9.35. The van der Waals surface area contributed by atoms with Crippen molar-refractivity contribution in [1.82, 2.24) is 4.90 Å². The van der Waals surface area contributed by atoms with Crippen LogP contribution in [0.5, 0.6) is 17.2 Å². The van der Waals surface area contributed by atoms with Gasteiger partial charge in [0.1, 0.15) is 28.0 Å². The Kier molecular flexibility index (Phi) is 12.6. The molecule has 3 saturated heterocycles. The molecule has 51 heavy (non-hydrogen) atoms. The normalized spacial score (nSPS) is 18.2. The molecule has 2 bridgehead atoms. The predicted molar refractivity (Wildman–Crippen MR) is 191 cm³/mol. The van der Waals surface area contributed by atoms with Crippen LogP contribution >= 0.6 is 23.2 Å². The number of rotatable bonds is 12. The van der Waals surface area contributed by atoms with E-state index < -0.39 is 18.2 Å². The molecule has 0 spiro atoms. The minimum Gasteiger partial charge on any atom is -0.870 e. The largest absolute Gasteiger partial charge is 0.870 e. The van der Waals surface area contributed by atoms with Gasteiger partial charge in [-0.1, -0.05) is 47.5 Å². The fourth-order valence-electron chi connectivity index (χ4n) is 6.59. The second-order valence-corrected chi connectivity index (χ2v) is 13.2. The lowest BCUT2D eigenvalue weighted by Gasteiger charge is -2.44. The first-order valence-electron chi connectivity index (χ1n) is 16.5. The zero-order valence-electron chi connectivity index (χ0n) is 28.6. The summed E-state index contributed by atoms with van der Waals surface area (Å²) in [5.74, 6) is 1.41.